The van der Waals surface area contributed by atoms with Gasteiger partial charge in [0, 0.05) is 19.3 Å². The molecule has 5 nitrogen and oxygen atoms in total. The number of nitrogens with zero attached hydrogens (tertiary/aromatic N) is 4. The van der Waals surface area contributed by atoms with Crippen LogP contribution in [0.3, 0.4) is 0 Å². The number of amidine groups is 2. The molecular formula is C10H13ClN4O. The highest BCUT2D eigenvalue weighted by Gasteiger charge is 2.22. The largest absolute Gasteiger partial charge is 0.294 e. The van der Waals surface area contributed by atoms with Gasteiger partial charge in [-0.2, -0.15) is 5.10 Å². The molecule has 16 heavy (non-hydrogen) atoms. The summed E-state index contributed by atoms with van der Waals surface area (Å²) >= 11 is 5.66. The van der Waals surface area contributed by atoms with Crippen molar-refractivity contribution in [2.45, 2.75) is 6.92 Å². The first kappa shape index (κ1) is 11.1. The van der Waals surface area contributed by atoms with E-state index in [0.717, 1.165) is 18.9 Å². The third-order valence-electron chi connectivity index (χ3n) is 2.42. The number of carbonyl (C=O) groups is 1. The molecule has 0 saturated carbocycles. The van der Waals surface area contributed by atoms with Gasteiger partial charge in [0.2, 0.25) is 5.91 Å². The molecule has 0 unspecified atom stereocenters. The van der Waals surface area contributed by atoms with E-state index in [-0.39, 0.29) is 5.91 Å². The quantitative estimate of drug-likeness (QED) is 0.667. The molecule has 2 heterocycles. The van der Waals surface area contributed by atoms with Crippen molar-refractivity contribution in [3.8, 4) is 0 Å². The van der Waals surface area contributed by atoms with Gasteiger partial charge in [-0.3, -0.25) is 14.7 Å². The molecule has 1 amide bonds. The maximum absolute atomic E-state index is 11.4. The van der Waals surface area contributed by atoms with E-state index in [1.165, 1.54) is 6.92 Å². The minimum atomic E-state index is -0.0522. The van der Waals surface area contributed by atoms with Gasteiger partial charge in [-0.25, -0.2) is 5.01 Å². The first-order valence-corrected chi connectivity index (χ1v) is 5.68. The van der Waals surface area contributed by atoms with E-state index in [4.69, 9.17) is 11.6 Å². The van der Waals surface area contributed by atoms with Crippen molar-refractivity contribution in [3.63, 3.8) is 0 Å². The Kier molecular flexibility index (Phi) is 3.24. The van der Waals surface area contributed by atoms with Gasteiger partial charge >= 0.3 is 0 Å². The van der Waals surface area contributed by atoms with E-state index >= 15 is 0 Å². The Bertz CT molecular complexity index is 388. The zero-order valence-electron chi connectivity index (χ0n) is 9.06. The van der Waals surface area contributed by atoms with Gasteiger partial charge in [-0.15, -0.1) is 11.6 Å². The fourth-order valence-corrected chi connectivity index (χ4v) is 1.83. The first-order chi connectivity index (χ1) is 7.72. The smallest absolute Gasteiger partial charge is 0.225 e. The highest BCUT2D eigenvalue weighted by atomic mass is 35.5. The second-order valence-corrected chi connectivity index (χ2v) is 3.89. The van der Waals surface area contributed by atoms with Crippen LogP contribution in [0.15, 0.2) is 22.2 Å². The Morgan fingerprint density at radius 3 is 3.12 bits per heavy atom. The maximum Gasteiger partial charge on any atom is 0.225 e. The number of fused-ring (bicyclic) bond motifs is 1. The normalized spacial score (nSPS) is 18.0. The van der Waals surface area contributed by atoms with Gasteiger partial charge in [0.05, 0.1) is 13.1 Å². The lowest BCUT2D eigenvalue weighted by Crippen LogP contribution is -2.39. The summed E-state index contributed by atoms with van der Waals surface area (Å²) in [5, 5.41) is 6.17. The van der Waals surface area contributed by atoms with Crippen LogP contribution >= 0.6 is 11.6 Å². The van der Waals surface area contributed by atoms with Crippen LogP contribution in [-0.4, -0.2) is 53.0 Å². The zero-order valence-corrected chi connectivity index (χ0v) is 9.81. The van der Waals surface area contributed by atoms with Crippen LogP contribution in [0.4, 0.5) is 0 Å². The van der Waals surface area contributed by atoms with Crippen molar-refractivity contribution < 1.29 is 4.79 Å². The minimum Gasteiger partial charge on any atom is -0.294 e. The summed E-state index contributed by atoms with van der Waals surface area (Å²) in [4.78, 5) is 17.3. The molecule has 2 rings (SSSR count). The van der Waals surface area contributed by atoms with Crippen LogP contribution in [0, 0.1) is 0 Å². The van der Waals surface area contributed by atoms with E-state index in [2.05, 4.69) is 10.1 Å². The molecule has 6 heteroatoms. The molecule has 0 aliphatic carbocycles. The molecule has 0 radical (unpaired) electrons. The number of hydrogen-bond donors (Lipinski definition) is 0. The second-order valence-electron chi connectivity index (χ2n) is 3.51. The number of amides is 1. The molecule has 2 aliphatic heterocycles. The molecule has 0 aromatic rings. The molecule has 0 atom stereocenters. The average molecular weight is 241 g/mol. The van der Waals surface area contributed by atoms with Crippen molar-refractivity contribution in [2.24, 2.45) is 10.1 Å². The summed E-state index contributed by atoms with van der Waals surface area (Å²) in [6.45, 7) is 3.51. The molecule has 0 bridgehead atoms. The van der Waals surface area contributed by atoms with Crippen molar-refractivity contribution in [1.82, 2.24) is 9.91 Å². The van der Waals surface area contributed by atoms with Crippen molar-refractivity contribution in [1.29, 1.82) is 0 Å². The highest BCUT2D eigenvalue weighted by molar-refractivity contribution is 6.18. The molecule has 86 valence electrons. The lowest BCUT2D eigenvalue weighted by Gasteiger charge is -2.24. The van der Waals surface area contributed by atoms with Crippen molar-refractivity contribution in [3.05, 3.63) is 12.2 Å². The number of aliphatic imine (C=N–C) groups is 1. The third-order valence-corrected chi connectivity index (χ3v) is 2.59. The van der Waals surface area contributed by atoms with Crippen molar-refractivity contribution in [2.75, 3.05) is 25.5 Å². The second kappa shape index (κ2) is 4.65. The molecule has 0 N–H and O–H groups in total. The lowest BCUT2D eigenvalue weighted by molar-refractivity contribution is -0.124. The van der Waals surface area contributed by atoms with Gasteiger partial charge in [-0.1, -0.05) is 0 Å². The van der Waals surface area contributed by atoms with Gasteiger partial charge in [-0.05, 0) is 12.2 Å². The van der Waals surface area contributed by atoms with Crippen molar-refractivity contribution >= 4 is 29.2 Å². The summed E-state index contributed by atoms with van der Waals surface area (Å²) < 4.78 is 0. The van der Waals surface area contributed by atoms with Crippen LogP contribution in [-0.2, 0) is 4.79 Å². The standard InChI is InChI=1S/C10H13ClN4O/c1-8(16)14(6-4-11)10-3-2-9-12-5-7-15(9)13-10/h2-3H,4-7H2,1H3. The Morgan fingerprint density at radius 1 is 1.62 bits per heavy atom. The Balaban J connectivity index is 2.18. The average Bonchev–Trinajstić information content (AvgIpc) is 2.72. The Hall–Kier alpha value is -1.36. The van der Waals surface area contributed by atoms with Gasteiger partial charge in [0.1, 0.15) is 5.84 Å². The van der Waals surface area contributed by atoms with E-state index in [0.29, 0.717) is 18.3 Å². The topological polar surface area (TPSA) is 48.3 Å². The van der Waals surface area contributed by atoms with Gasteiger partial charge in [0.25, 0.3) is 0 Å². The molecule has 0 saturated heterocycles. The fourth-order valence-electron chi connectivity index (χ4n) is 1.66. The summed E-state index contributed by atoms with van der Waals surface area (Å²) in [5.74, 6) is 1.84. The zero-order chi connectivity index (χ0) is 11.5. The van der Waals surface area contributed by atoms with Gasteiger partial charge in [0.15, 0.2) is 5.84 Å². The van der Waals surface area contributed by atoms with E-state index < -0.39 is 0 Å². The number of hydrogen-bond acceptors (Lipinski definition) is 4. The van der Waals surface area contributed by atoms with Crippen LogP contribution in [0.5, 0.6) is 0 Å². The van der Waals surface area contributed by atoms with Crippen LogP contribution < -0.4 is 0 Å². The number of hydrazone groups is 1. The molecule has 0 aromatic heterocycles. The molecular weight excluding hydrogens is 228 g/mol. The van der Waals surface area contributed by atoms with E-state index in [1.807, 2.05) is 6.08 Å². The SMILES string of the molecule is CC(=O)N(CCCl)C1=NN2CCN=C2C=C1. The van der Waals surface area contributed by atoms with Crippen LogP contribution in [0.2, 0.25) is 0 Å². The van der Waals surface area contributed by atoms with Gasteiger partial charge < -0.3 is 0 Å². The Labute approximate surface area is 99.1 Å². The maximum atomic E-state index is 11.4. The summed E-state index contributed by atoms with van der Waals surface area (Å²) in [5.41, 5.74) is 0. The first-order valence-electron chi connectivity index (χ1n) is 5.15. The monoisotopic (exact) mass is 240 g/mol. The number of carbonyl (C=O) groups excluding carboxylic acids is 1. The summed E-state index contributed by atoms with van der Waals surface area (Å²) in [6, 6.07) is 0. The molecule has 0 fully saturated rings. The van der Waals surface area contributed by atoms with E-state index in [9.17, 15) is 4.79 Å². The molecule has 2 aliphatic rings. The number of rotatable bonds is 2. The fraction of sp³-hybridized carbons (Fsp3) is 0.500. The van der Waals surface area contributed by atoms with Crippen LogP contribution in [0.25, 0.3) is 0 Å². The Morgan fingerprint density at radius 2 is 2.44 bits per heavy atom. The van der Waals surface area contributed by atoms with E-state index in [1.54, 1.807) is 16.0 Å². The lowest BCUT2D eigenvalue weighted by atomic mass is 10.3. The van der Waals surface area contributed by atoms with Crippen LogP contribution in [0.1, 0.15) is 6.92 Å². The molecule has 0 spiro atoms. The number of alkyl halides is 1. The predicted molar refractivity (Wildman–Crippen MR) is 63.7 cm³/mol. The minimum absolute atomic E-state index is 0.0522. The number of halogens is 1. The highest BCUT2D eigenvalue weighted by Crippen LogP contribution is 2.11. The molecule has 0 aromatic carbocycles. The third kappa shape index (κ3) is 2.09. The summed E-state index contributed by atoms with van der Waals surface area (Å²) in [7, 11) is 0. The summed E-state index contributed by atoms with van der Waals surface area (Å²) in [6.07, 6.45) is 3.67. The predicted octanol–water partition coefficient (Wildman–Crippen LogP) is 0.671.